The molecule has 2 rings (SSSR count). The van der Waals surface area contributed by atoms with Gasteiger partial charge in [0.25, 0.3) is 0 Å². The maximum atomic E-state index is 12.6. The van der Waals surface area contributed by atoms with Crippen molar-refractivity contribution in [1.29, 1.82) is 0 Å². The SMILES string of the molecule is CCNC(=NCc1cccc(N(C)C)c1)NCCc1nc(C(F)(F)F)cs1.I. The summed E-state index contributed by atoms with van der Waals surface area (Å²) in [6, 6.07) is 8.09. The lowest BCUT2D eigenvalue weighted by molar-refractivity contribution is -0.140. The number of hydrogen-bond donors (Lipinski definition) is 2. The topological polar surface area (TPSA) is 52.6 Å². The first-order valence-corrected chi connectivity index (χ1v) is 9.47. The fraction of sp³-hybridized carbons (Fsp3) is 0.444. The number of alkyl halides is 3. The average Bonchev–Trinajstić information content (AvgIpc) is 3.09. The number of benzene rings is 1. The van der Waals surface area contributed by atoms with Crippen LogP contribution in [0.15, 0.2) is 34.6 Å². The Balaban J connectivity index is 0.00000392. The molecule has 0 aliphatic heterocycles. The molecule has 1 heterocycles. The number of rotatable bonds is 7. The normalized spacial score (nSPS) is 11.7. The lowest BCUT2D eigenvalue weighted by Crippen LogP contribution is -2.38. The number of thiazole rings is 1. The Morgan fingerprint density at radius 1 is 1.25 bits per heavy atom. The number of nitrogens with one attached hydrogen (secondary N) is 2. The lowest BCUT2D eigenvalue weighted by atomic mass is 10.2. The Labute approximate surface area is 184 Å². The molecule has 0 aliphatic rings. The van der Waals surface area contributed by atoms with E-state index in [1.165, 1.54) is 0 Å². The van der Waals surface area contributed by atoms with Crippen LogP contribution in [0.1, 0.15) is 23.2 Å². The summed E-state index contributed by atoms with van der Waals surface area (Å²) in [4.78, 5) is 10.2. The zero-order chi connectivity index (χ0) is 19.9. The molecule has 1 aromatic heterocycles. The molecule has 0 spiro atoms. The van der Waals surface area contributed by atoms with E-state index < -0.39 is 11.9 Å². The van der Waals surface area contributed by atoms with Crippen LogP contribution in [0.25, 0.3) is 0 Å². The first kappa shape index (κ1) is 24.5. The Hall–Kier alpha value is -1.56. The molecule has 0 aliphatic carbocycles. The van der Waals surface area contributed by atoms with Gasteiger partial charge in [-0.1, -0.05) is 12.1 Å². The van der Waals surface area contributed by atoms with Crippen molar-refractivity contribution in [3.05, 3.63) is 45.9 Å². The molecule has 10 heteroatoms. The lowest BCUT2D eigenvalue weighted by Gasteiger charge is -2.14. The minimum atomic E-state index is -4.39. The number of anilines is 1. The fourth-order valence-electron chi connectivity index (χ4n) is 2.29. The van der Waals surface area contributed by atoms with Gasteiger partial charge in [-0.25, -0.2) is 9.98 Å². The summed E-state index contributed by atoms with van der Waals surface area (Å²) >= 11 is 1.02. The second kappa shape index (κ2) is 11.4. The van der Waals surface area contributed by atoms with Crippen molar-refractivity contribution in [2.24, 2.45) is 4.99 Å². The van der Waals surface area contributed by atoms with Crippen molar-refractivity contribution in [2.45, 2.75) is 26.1 Å². The third-order valence-electron chi connectivity index (χ3n) is 3.66. The molecule has 0 saturated heterocycles. The predicted octanol–water partition coefficient (Wildman–Crippen LogP) is 4.14. The van der Waals surface area contributed by atoms with Gasteiger partial charge in [0.05, 0.1) is 11.6 Å². The van der Waals surface area contributed by atoms with Gasteiger partial charge >= 0.3 is 6.18 Å². The molecule has 1 aromatic carbocycles. The Morgan fingerprint density at radius 2 is 2.00 bits per heavy atom. The van der Waals surface area contributed by atoms with Gasteiger partial charge in [-0.05, 0) is 24.6 Å². The molecule has 2 N–H and O–H groups in total. The van der Waals surface area contributed by atoms with Gasteiger partial charge in [-0.15, -0.1) is 35.3 Å². The van der Waals surface area contributed by atoms with Crippen LogP contribution in [0.4, 0.5) is 18.9 Å². The number of halogens is 4. The van der Waals surface area contributed by atoms with E-state index in [0.717, 1.165) is 28.0 Å². The van der Waals surface area contributed by atoms with Crippen LogP contribution in [0.2, 0.25) is 0 Å². The molecule has 0 atom stereocenters. The molecule has 156 valence electrons. The van der Waals surface area contributed by atoms with Crippen molar-refractivity contribution < 1.29 is 13.2 Å². The highest BCUT2D eigenvalue weighted by Gasteiger charge is 2.33. The van der Waals surface area contributed by atoms with Crippen LogP contribution in [0.5, 0.6) is 0 Å². The summed E-state index contributed by atoms with van der Waals surface area (Å²) in [6.07, 6.45) is -3.99. The van der Waals surface area contributed by atoms with Gasteiger partial charge in [0.1, 0.15) is 0 Å². The minimum absolute atomic E-state index is 0. The monoisotopic (exact) mass is 527 g/mol. The molecule has 0 saturated carbocycles. The smallest absolute Gasteiger partial charge is 0.378 e. The van der Waals surface area contributed by atoms with Crippen LogP contribution in [-0.2, 0) is 19.1 Å². The van der Waals surface area contributed by atoms with E-state index >= 15 is 0 Å². The van der Waals surface area contributed by atoms with Crippen molar-refractivity contribution in [3.8, 4) is 0 Å². The third kappa shape index (κ3) is 7.82. The highest BCUT2D eigenvalue weighted by molar-refractivity contribution is 14.0. The highest BCUT2D eigenvalue weighted by atomic mass is 127. The molecule has 5 nitrogen and oxygen atoms in total. The van der Waals surface area contributed by atoms with E-state index in [9.17, 15) is 13.2 Å². The van der Waals surface area contributed by atoms with Crippen LogP contribution in [0, 0.1) is 0 Å². The van der Waals surface area contributed by atoms with Crippen molar-refractivity contribution >= 4 is 47.0 Å². The van der Waals surface area contributed by atoms with E-state index in [1.54, 1.807) is 0 Å². The second-order valence-electron chi connectivity index (χ2n) is 6.06. The van der Waals surface area contributed by atoms with Crippen LogP contribution in [0.3, 0.4) is 0 Å². The summed E-state index contributed by atoms with van der Waals surface area (Å²) in [5.41, 5.74) is 1.35. The summed E-state index contributed by atoms with van der Waals surface area (Å²) in [5.74, 6) is 0.625. The van der Waals surface area contributed by atoms with E-state index in [1.807, 2.05) is 44.1 Å². The Morgan fingerprint density at radius 3 is 2.61 bits per heavy atom. The first-order valence-electron chi connectivity index (χ1n) is 8.59. The fourth-order valence-corrected chi connectivity index (χ4v) is 3.09. The van der Waals surface area contributed by atoms with Gasteiger partial charge in [0, 0.05) is 44.7 Å². The molecule has 0 bridgehead atoms. The van der Waals surface area contributed by atoms with E-state index in [4.69, 9.17) is 0 Å². The van der Waals surface area contributed by atoms with E-state index in [-0.39, 0.29) is 24.0 Å². The molecule has 2 aromatic rings. The summed E-state index contributed by atoms with van der Waals surface area (Å²) < 4.78 is 37.8. The van der Waals surface area contributed by atoms with Crippen molar-refractivity contribution in [2.75, 3.05) is 32.1 Å². The third-order valence-corrected chi connectivity index (χ3v) is 4.57. The van der Waals surface area contributed by atoms with Gasteiger partial charge in [-0.2, -0.15) is 13.2 Å². The average molecular weight is 527 g/mol. The van der Waals surface area contributed by atoms with Crippen LogP contribution in [-0.4, -0.2) is 38.1 Å². The number of aromatic nitrogens is 1. The number of aliphatic imine (C=N–C) groups is 1. The maximum Gasteiger partial charge on any atom is 0.434 e. The highest BCUT2D eigenvalue weighted by Crippen LogP contribution is 2.30. The molecule has 0 amide bonds. The Bertz CT molecular complexity index is 762. The zero-order valence-corrected chi connectivity index (χ0v) is 19.2. The summed E-state index contributed by atoms with van der Waals surface area (Å²) in [5, 5.41) is 7.77. The van der Waals surface area contributed by atoms with Gasteiger partial charge in [0.15, 0.2) is 11.7 Å². The second-order valence-corrected chi connectivity index (χ2v) is 7.00. The van der Waals surface area contributed by atoms with Gasteiger partial charge in [0.2, 0.25) is 0 Å². The summed E-state index contributed by atoms with van der Waals surface area (Å²) in [7, 11) is 3.97. The molecule has 0 fully saturated rings. The maximum absolute atomic E-state index is 12.6. The first-order chi connectivity index (χ1) is 12.8. The van der Waals surface area contributed by atoms with Crippen LogP contribution >= 0.6 is 35.3 Å². The van der Waals surface area contributed by atoms with Gasteiger partial charge < -0.3 is 15.5 Å². The van der Waals surface area contributed by atoms with Crippen LogP contribution < -0.4 is 15.5 Å². The Kier molecular flexibility index (Phi) is 10.0. The van der Waals surface area contributed by atoms with Gasteiger partial charge in [-0.3, -0.25) is 0 Å². The standard InChI is InChI=1S/C18H24F3N5S.HI/c1-4-22-17(24-11-13-6-5-7-14(10-13)26(2)3)23-9-8-16-25-15(12-27-16)18(19,20)21;/h5-7,10,12H,4,8-9,11H2,1-3H3,(H2,22,23,24);1H. The van der Waals surface area contributed by atoms with E-state index in [2.05, 4.69) is 26.7 Å². The minimum Gasteiger partial charge on any atom is -0.378 e. The number of guanidine groups is 1. The zero-order valence-electron chi connectivity index (χ0n) is 16.0. The predicted molar refractivity (Wildman–Crippen MR) is 120 cm³/mol. The molecule has 0 radical (unpaired) electrons. The van der Waals surface area contributed by atoms with Crippen molar-refractivity contribution in [1.82, 2.24) is 15.6 Å². The number of hydrogen-bond acceptors (Lipinski definition) is 4. The molecule has 0 unspecified atom stereocenters. The number of nitrogens with zero attached hydrogens (tertiary/aromatic N) is 3. The summed E-state index contributed by atoms with van der Waals surface area (Å²) in [6.45, 7) is 3.61. The quantitative estimate of drug-likeness (QED) is 0.323. The molecular formula is C18H25F3IN5S. The largest absolute Gasteiger partial charge is 0.434 e. The molecular weight excluding hydrogens is 502 g/mol. The van der Waals surface area contributed by atoms with Crippen molar-refractivity contribution in [3.63, 3.8) is 0 Å². The van der Waals surface area contributed by atoms with E-state index in [0.29, 0.717) is 37.0 Å². The molecule has 28 heavy (non-hydrogen) atoms.